The first-order valence-electron chi connectivity index (χ1n) is 8.06. The Morgan fingerprint density at radius 2 is 1.96 bits per heavy atom. The quantitative estimate of drug-likeness (QED) is 0.600. The molecule has 2 aromatic carbocycles. The molecule has 0 atom stereocenters. The molecule has 130 valence electrons. The van der Waals surface area contributed by atoms with E-state index in [1.807, 2.05) is 35.0 Å². The number of carbonyl (C=O) groups is 1. The van der Waals surface area contributed by atoms with Crippen LogP contribution in [-0.2, 0) is 17.9 Å². The second-order valence-corrected chi connectivity index (χ2v) is 5.83. The molecule has 0 aliphatic carbocycles. The average molecular weight is 350 g/mol. The number of hydrogen-bond donors (Lipinski definition) is 1. The summed E-state index contributed by atoms with van der Waals surface area (Å²) in [6.07, 6.45) is 3.10. The highest BCUT2D eigenvalue weighted by molar-refractivity contribution is 5.94. The summed E-state index contributed by atoms with van der Waals surface area (Å²) in [4.78, 5) is 12.3. The van der Waals surface area contributed by atoms with Gasteiger partial charge in [0.05, 0.1) is 5.56 Å². The molecule has 4 aromatic rings. The first-order chi connectivity index (χ1) is 12.7. The molecule has 4 rings (SSSR count). The summed E-state index contributed by atoms with van der Waals surface area (Å²) in [5, 5.41) is 11.4. The summed E-state index contributed by atoms with van der Waals surface area (Å²) in [7, 11) is 0. The Bertz CT molecular complexity index is 1040. The number of carbonyl (C=O) groups excluding carboxylic acids is 1. The minimum atomic E-state index is -0.299. The van der Waals surface area contributed by atoms with E-state index in [-0.39, 0.29) is 18.3 Å². The van der Waals surface area contributed by atoms with Crippen LogP contribution in [0.25, 0.3) is 22.4 Å². The maximum absolute atomic E-state index is 12.9. The number of rotatable bonds is 5. The Morgan fingerprint density at radius 3 is 2.73 bits per heavy atom. The average Bonchev–Trinajstić information content (AvgIpc) is 3.30. The zero-order valence-electron chi connectivity index (χ0n) is 13.7. The number of benzene rings is 2. The molecule has 0 saturated carbocycles. The van der Waals surface area contributed by atoms with Crippen LogP contribution in [0.3, 0.4) is 0 Å². The second kappa shape index (κ2) is 6.79. The summed E-state index contributed by atoms with van der Waals surface area (Å²) < 4.78 is 20.1. The lowest BCUT2D eigenvalue weighted by molar-refractivity contribution is -0.121. The van der Waals surface area contributed by atoms with Gasteiger partial charge in [-0.2, -0.15) is 0 Å². The molecule has 1 N–H and O–H groups in total. The first kappa shape index (κ1) is 16.0. The Balaban J connectivity index is 1.53. The molecule has 0 radical (unpaired) electrons. The van der Waals surface area contributed by atoms with Gasteiger partial charge in [-0.1, -0.05) is 30.3 Å². The second-order valence-electron chi connectivity index (χ2n) is 5.83. The van der Waals surface area contributed by atoms with Crippen LogP contribution in [0, 0.1) is 5.82 Å². The van der Waals surface area contributed by atoms with Gasteiger partial charge < -0.3 is 14.3 Å². The van der Waals surface area contributed by atoms with E-state index in [1.165, 1.54) is 18.5 Å². The number of para-hydroxylation sites is 1. The summed E-state index contributed by atoms with van der Waals surface area (Å²) >= 11 is 0. The van der Waals surface area contributed by atoms with E-state index < -0.39 is 0 Å². The molecule has 6 nitrogen and oxygen atoms in total. The van der Waals surface area contributed by atoms with E-state index in [0.717, 1.165) is 22.0 Å². The van der Waals surface area contributed by atoms with Crippen LogP contribution in [-0.4, -0.2) is 20.7 Å². The van der Waals surface area contributed by atoms with E-state index in [1.54, 1.807) is 12.1 Å². The molecule has 1 amide bonds. The van der Waals surface area contributed by atoms with Crippen molar-refractivity contribution in [2.75, 3.05) is 0 Å². The van der Waals surface area contributed by atoms with Gasteiger partial charge in [0.25, 0.3) is 0 Å². The fourth-order valence-corrected chi connectivity index (χ4v) is 2.85. The topological polar surface area (TPSA) is 73.0 Å². The number of amides is 1. The van der Waals surface area contributed by atoms with Crippen molar-refractivity contribution in [2.24, 2.45) is 0 Å². The third-order valence-electron chi connectivity index (χ3n) is 4.10. The largest absolute Gasteiger partial charge is 0.423 e. The molecule has 0 aliphatic heterocycles. The highest BCUT2D eigenvalue weighted by Gasteiger charge is 2.15. The minimum Gasteiger partial charge on any atom is -0.423 e. The van der Waals surface area contributed by atoms with Crippen LogP contribution < -0.4 is 5.32 Å². The highest BCUT2D eigenvalue weighted by atomic mass is 19.1. The van der Waals surface area contributed by atoms with Crippen molar-refractivity contribution in [1.82, 2.24) is 20.1 Å². The molecule has 0 saturated heterocycles. The van der Waals surface area contributed by atoms with Crippen molar-refractivity contribution < 1.29 is 13.6 Å². The smallest absolute Gasteiger partial charge is 0.249 e. The van der Waals surface area contributed by atoms with Crippen LogP contribution >= 0.6 is 0 Å². The summed E-state index contributed by atoms with van der Waals surface area (Å²) in [6.45, 7) is 0.491. The fraction of sp³-hybridized carbons (Fsp3) is 0.105. The third-order valence-corrected chi connectivity index (χ3v) is 4.10. The molecule has 0 unspecified atom stereocenters. The van der Waals surface area contributed by atoms with Crippen molar-refractivity contribution >= 4 is 16.8 Å². The maximum atomic E-state index is 12.9. The monoisotopic (exact) mass is 350 g/mol. The minimum absolute atomic E-state index is 0.146. The molecular formula is C19H15FN4O2. The van der Waals surface area contributed by atoms with E-state index in [9.17, 15) is 9.18 Å². The van der Waals surface area contributed by atoms with Crippen LogP contribution in [0.5, 0.6) is 0 Å². The van der Waals surface area contributed by atoms with Gasteiger partial charge in [-0.15, -0.1) is 10.2 Å². The standard InChI is InChI=1S/C19H15FN4O2/c20-14-7-5-13(6-8-14)9-21-18(25)11-24-10-16(19-23-22-12-26-19)15-3-1-2-4-17(15)24/h1-8,10,12H,9,11H2,(H,21,25). The van der Waals surface area contributed by atoms with Crippen LogP contribution in [0.1, 0.15) is 5.56 Å². The Labute approximate surface area is 148 Å². The van der Waals surface area contributed by atoms with Crippen molar-refractivity contribution in [1.29, 1.82) is 0 Å². The van der Waals surface area contributed by atoms with Crippen molar-refractivity contribution in [3.05, 3.63) is 72.5 Å². The summed E-state index contributed by atoms with van der Waals surface area (Å²) in [5.41, 5.74) is 2.52. The predicted octanol–water partition coefficient (Wildman–Crippen LogP) is 3.15. The van der Waals surface area contributed by atoms with Gasteiger partial charge in [-0.25, -0.2) is 4.39 Å². The van der Waals surface area contributed by atoms with Gasteiger partial charge in [-0.3, -0.25) is 4.79 Å². The lowest BCUT2D eigenvalue weighted by atomic mass is 10.2. The number of nitrogens with one attached hydrogen (secondary N) is 1. The number of hydrogen-bond acceptors (Lipinski definition) is 4. The van der Waals surface area contributed by atoms with E-state index in [0.29, 0.717) is 12.4 Å². The zero-order chi connectivity index (χ0) is 17.9. The van der Waals surface area contributed by atoms with Gasteiger partial charge in [0, 0.05) is 23.6 Å². The fourth-order valence-electron chi connectivity index (χ4n) is 2.85. The molecule has 0 aliphatic rings. The molecule has 7 heteroatoms. The molecule has 2 heterocycles. The van der Waals surface area contributed by atoms with Crippen molar-refractivity contribution in [2.45, 2.75) is 13.1 Å². The summed E-state index contributed by atoms with van der Waals surface area (Å²) in [5.74, 6) is -0.0359. The van der Waals surface area contributed by atoms with E-state index in [2.05, 4.69) is 15.5 Å². The van der Waals surface area contributed by atoms with Crippen molar-refractivity contribution in [3.63, 3.8) is 0 Å². The van der Waals surface area contributed by atoms with Gasteiger partial charge in [-0.05, 0) is 23.8 Å². The highest BCUT2D eigenvalue weighted by Crippen LogP contribution is 2.29. The Hall–Kier alpha value is -3.48. The Kier molecular flexibility index (Phi) is 4.18. The van der Waals surface area contributed by atoms with Gasteiger partial charge in [0.1, 0.15) is 12.4 Å². The van der Waals surface area contributed by atoms with Gasteiger partial charge in [0.2, 0.25) is 18.2 Å². The Morgan fingerprint density at radius 1 is 1.15 bits per heavy atom. The SMILES string of the molecule is O=C(Cn1cc(-c2nnco2)c2ccccc21)NCc1ccc(F)cc1. The molecule has 0 bridgehead atoms. The molecular weight excluding hydrogens is 335 g/mol. The lowest BCUT2D eigenvalue weighted by Gasteiger charge is -2.07. The first-order valence-corrected chi connectivity index (χ1v) is 8.06. The number of aromatic nitrogens is 3. The van der Waals surface area contributed by atoms with Crippen LogP contribution in [0.2, 0.25) is 0 Å². The van der Waals surface area contributed by atoms with Crippen LogP contribution in [0.4, 0.5) is 4.39 Å². The van der Waals surface area contributed by atoms with E-state index in [4.69, 9.17) is 4.42 Å². The summed E-state index contributed by atoms with van der Waals surface area (Å²) in [6, 6.07) is 13.7. The van der Waals surface area contributed by atoms with Crippen LogP contribution in [0.15, 0.2) is 65.5 Å². The maximum Gasteiger partial charge on any atom is 0.249 e. The normalized spacial score (nSPS) is 11.0. The predicted molar refractivity (Wildman–Crippen MR) is 93.5 cm³/mol. The van der Waals surface area contributed by atoms with Gasteiger partial charge in [0.15, 0.2) is 0 Å². The molecule has 0 fully saturated rings. The number of nitrogens with zero attached hydrogens (tertiary/aromatic N) is 3. The number of halogens is 1. The lowest BCUT2D eigenvalue weighted by Crippen LogP contribution is -2.26. The zero-order valence-corrected chi connectivity index (χ0v) is 13.7. The van der Waals surface area contributed by atoms with Gasteiger partial charge >= 0.3 is 0 Å². The third kappa shape index (κ3) is 3.19. The number of fused-ring (bicyclic) bond motifs is 1. The van der Waals surface area contributed by atoms with E-state index >= 15 is 0 Å². The molecule has 26 heavy (non-hydrogen) atoms. The van der Waals surface area contributed by atoms with Crippen molar-refractivity contribution in [3.8, 4) is 11.5 Å². The molecule has 2 aromatic heterocycles. The molecule has 0 spiro atoms.